The molecule has 1 aliphatic heterocycles. The number of nitrogen functional groups attached to an aromatic ring is 1. The lowest BCUT2D eigenvalue weighted by atomic mass is 10.2. The molecule has 120 valence electrons. The Balaban J connectivity index is 1.53. The Kier molecular flexibility index (Phi) is 4.62. The zero-order chi connectivity index (χ0) is 16.2. The second-order valence-corrected chi connectivity index (χ2v) is 6.65. The second kappa shape index (κ2) is 6.83. The van der Waals surface area contributed by atoms with Crippen LogP contribution in [0, 0.1) is 0 Å². The summed E-state index contributed by atoms with van der Waals surface area (Å²) in [7, 11) is 0. The van der Waals surface area contributed by atoms with Crippen LogP contribution in [0.25, 0.3) is 0 Å². The molecule has 0 radical (unpaired) electrons. The highest BCUT2D eigenvalue weighted by Gasteiger charge is 2.16. The number of hydrogen-bond acceptors (Lipinski definition) is 5. The molecule has 0 aromatic heterocycles. The fourth-order valence-corrected chi connectivity index (χ4v) is 3.08. The summed E-state index contributed by atoms with van der Waals surface area (Å²) in [6.07, 6.45) is 0. The van der Waals surface area contributed by atoms with Crippen molar-refractivity contribution in [2.75, 3.05) is 12.5 Å². The lowest BCUT2D eigenvalue weighted by molar-refractivity contribution is -0.120. The summed E-state index contributed by atoms with van der Waals surface area (Å²) >= 11 is 1.50. The van der Waals surface area contributed by atoms with Gasteiger partial charge in [0.05, 0.1) is 5.25 Å². The summed E-state index contributed by atoms with van der Waals surface area (Å²) in [4.78, 5) is 13.2. The van der Waals surface area contributed by atoms with E-state index in [-0.39, 0.29) is 18.0 Å². The zero-order valence-corrected chi connectivity index (χ0v) is 13.6. The van der Waals surface area contributed by atoms with Crippen LogP contribution in [0.5, 0.6) is 11.5 Å². The predicted octanol–water partition coefficient (Wildman–Crippen LogP) is 2.79. The number of fused-ring (bicyclic) bond motifs is 1. The molecule has 1 aliphatic rings. The first-order chi connectivity index (χ1) is 11.1. The van der Waals surface area contributed by atoms with Crippen molar-refractivity contribution in [2.45, 2.75) is 23.6 Å². The molecule has 0 saturated heterocycles. The van der Waals surface area contributed by atoms with E-state index in [1.165, 1.54) is 11.8 Å². The third kappa shape index (κ3) is 3.90. The number of hydrogen-bond donors (Lipinski definition) is 2. The van der Waals surface area contributed by atoms with Gasteiger partial charge in [0.2, 0.25) is 12.7 Å². The molecular formula is C17H18N2O3S. The van der Waals surface area contributed by atoms with Crippen LogP contribution in [0.1, 0.15) is 12.5 Å². The van der Waals surface area contributed by atoms with Crippen LogP contribution < -0.4 is 20.5 Å². The van der Waals surface area contributed by atoms with Crippen LogP contribution in [-0.2, 0) is 11.3 Å². The molecular weight excluding hydrogens is 312 g/mol. The van der Waals surface area contributed by atoms with Gasteiger partial charge in [-0.1, -0.05) is 6.07 Å². The van der Waals surface area contributed by atoms with E-state index in [4.69, 9.17) is 15.2 Å². The summed E-state index contributed by atoms with van der Waals surface area (Å²) in [6.45, 7) is 2.60. The molecule has 23 heavy (non-hydrogen) atoms. The van der Waals surface area contributed by atoms with E-state index < -0.39 is 0 Å². The van der Waals surface area contributed by atoms with Crippen molar-refractivity contribution in [1.29, 1.82) is 0 Å². The Morgan fingerprint density at radius 3 is 2.74 bits per heavy atom. The molecule has 1 heterocycles. The number of rotatable bonds is 5. The molecule has 0 fully saturated rings. The maximum atomic E-state index is 12.2. The minimum Gasteiger partial charge on any atom is -0.454 e. The van der Waals surface area contributed by atoms with E-state index in [2.05, 4.69) is 5.32 Å². The van der Waals surface area contributed by atoms with E-state index in [0.29, 0.717) is 12.2 Å². The highest BCUT2D eigenvalue weighted by molar-refractivity contribution is 8.00. The number of nitrogens with two attached hydrogens (primary N) is 1. The van der Waals surface area contributed by atoms with Crippen molar-refractivity contribution < 1.29 is 14.3 Å². The number of nitrogens with one attached hydrogen (secondary N) is 1. The Labute approximate surface area is 139 Å². The Hall–Kier alpha value is -2.34. The first-order valence-corrected chi connectivity index (χ1v) is 8.18. The molecule has 2 aromatic carbocycles. The van der Waals surface area contributed by atoms with Crippen molar-refractivity contribution >= 4 is 23.4 Å². The summed E-state index contributed by atoms with van der Waals surface area (Å²) in [5.74, 6) is 1.46. The number of benzene rings is 2. The van der Waals surface area contributed by atoms with Crippen LogP contribution in [-0.4, -0.2) is 18.0 Å². The molecule has 5 nitrogen and oxygen atoms in total. The second-order valence-electron chi connectivity index (χ2n) is 5.23. The molecule has 0 aliphatic carbocycles. The third-order valence-corrected chi connectivity index (χ3v) is 4.58. The Morgan fingerprint density at radius 2 is 1.96 bits per heavy atom. The van der Waals surface area contributed by atoms with Gasteiger partial charge in [0.25, 0.3) is 0 Å². The highest BCUT2D eigenvalue weighted by Crippen LogP contribution is 2.32. The van der Waals surface area contributed by atoms with Crippen molar-refractivity contribution in [2.24, 2.45) is 0 Å². The van der Waals surface area contributed by atoms with E-state index in [1.54, 1.807) is 0 Å². The minimum atomic E-state index is -0.187. The van der Waals surface area contributed by atoms with Crippen LogP contribution >= 0.6 is 11.8 Å². The molecule has 2 aromatic rings. The highest BCUT2D eigenvalue weighted by atomic mass is 32.2. The molecule has 1 atom stereocenters. The van der Waals surface area contributed by atoms with Crippen LogP contribution in [0.15, 0.2) is 47.4 Å². The van der Waals surface area contributed by atoms with Gasteiger partial charge in [0, 0.05) is 17.1 Å². The van der Waals surface area contributed by atoms with E-state index in [9.17, 15) is 4.79 Å². The SMILES string of the molecule is C[C@H](Sc1ccc(N)cc1)C(=O)NCc1ccc2c(c1)OCO2. The lowest BCUT2D eigenvalue weighted by Crippen LogP contribution is -2.30. The van der Waals surface area contributed by atoms with Gasteiger partial charge < -0.3 is 20.5 Å². The number of thioether (sulfide) groups is 1. The summed E-state index contributed by atoms with van der Waals surface area (Å²) in [5, 5.41) is 2.75. The van der Waals surface area contributed by atoms with Gasteiger partial charge in [-0.3, -0.25) is 4.79 Å². The lowest BCUT2D eigenvalue weighted by Gasteiger charge is -2.12. The van der Waals surface area contributed by atoms with E-state index in [1.807, 2.05) is 49.4 Å². The fourth-order valence-electron chi connectivity index (χ4n) is 2.19. The molecule has 0 spiro atoms. The molecule has 0 bridgehead atoms. The summed E-state index contributed by atoms with van der Waals surface area (Å²) in [5.41, 5.74) is 7.36. The van der Waals surface area contributed by atoms with Crippen molar-refractivity contribution in [3.63, 3.8) is 0 Å². The number of carbonyl (C=O) groups is 1. The number of anilines is 1. The maximum absolute atomic E-state index is 12.2. The topological polar surface area (TPSA) is 73.6 Å². The van der Waals surface area contributed by atoms with Gasteiger partial charge in [-0.05, 0) is 48.9 Å². The van der Waals surface area contributed by atoms with Gasteiger partial charge in [-0.15, -0.1) is 11.8 Å². The minimum absolute atomic E-state index is 0.00973. The van der Waals surface area contributed by atoms with Crippen molar-refractivity contribution in [1.82, 2.24) is 5.32 Å². The predicted molar refractivity (Wildman–Crippen MR) is 90.6 cm³/mol. The van der Waals surface area contributed by atoms with E-state index in [0.717, 1.165) is 22.0 Å². The van der Waals surface area contributed by atoms with Crippen LogP contribution in [0.4, 0.5) is 5.69 Å². The fraction of sp³-hybridized carbons (Fsp3) is 0.235. The van der Waals surface area contributed by atoms with Gasteiger partial charge in [-0.2, -0.15) is 0 Å². The number of amides is 1. The first kappa shape index (κ1) is 15.6. The third-order valence-electron chi connectivity index (χ3n) is 3.47. The van der Waals surface area contributed by atoms with Gasteiger partial charge in [0.1, 0.15) is 0 Å². The standard InChI is InChI=1S/C17H18N2O3S/c1-11(23-14-5-3-13(18)4-6-14)17(20)19-9-12-2-7-15-16(8-12)22-10-21-15/h2-8,11H,9-10,18H2,1H3,(H,19,20)/t11-/m0/s1. The smallest absolute Gasteiger partial charge is 0.233 e. The Bertz CT molecular complexity index is 703. The molecule has 3 N–H and O–H groups in total. The van der Waals surface area contributed by atoms with Crippen molar-refractivity contribution in [3.8, 4) is 11.5 Å². The molecule has 0 saturated carbocycles. The van der Waals surface area contributed by atoms with Crippen LogP contribution in [0.3, 0.4) is 0 Å². The quantitative estimate of drug-likeness (QED) is 0.651. The molecule has 0 unspecified atom stereocenters. The maximum Gasteiger partial charge on any atom is 0.233 e. The number of carbonyl (C=O) groups excluding carboxylic acids is 1. The summed E-state index contributed by atoms with van der Waals surface area (Å²) < 4.78 is 10.6. The molecule has 6 heteroatoms. The van der Waals surface area contributed by atoms with Gasteiger partial charge >= 0.3 is 0 Å². The average molecular weight is 330 g/mol. The normalized spacial score (nSPS) is 13.6. The van der Waals surface area contributed by atoms with Crippen LogP contribution in [0.2, 0.25) is 0 Å². The first-order valence-electron chi connectivity index (χ1n) is 7.30. The zero-order valence-electron chi connectivity index (χ0n) is 12.7. The largest absolute Gasteiger partial charge is 0.454 e. The van der Waals surface area contributed by atoms with Crippen molar-refractivity contribution in [3.05, 3.63) is 48.0 Å². The van der Waals surface area contributed by atoms with Gasteiger partial charge in [-0.25, -0.2) is 0 Å². The number of ether oxygens (including phenoxy) is 2. The Morgan fingerprint density at radius 1 is 1.22 bits per heavy atom. The molecule has 3 rings (SSSR count). The monoisotopic (exact) mass is 330 g/mol. The molecule has 1 amide bonds. The average Bonchev–Trinajstić information content (AvgIpc) is 3.02. The summed E-state index contributed by atoms with van der Waals surface area (Å²) in [6, 6.07) is 13.2. The van der Waals surface area contributed by atoms with E-state index >= 15 is 0 Å². The van der Waals surface area contributed by atoms with Gasteiger partial charge in [0.15, 0.2) is 11.5 Å².